The van der Waals surface area contributed by atoms with Crippen LogP contribution in [-0.4, -0.2) is 38.1 Å². The van der Waals surface area contributed by atoms with Crippen LogP contribution in [0.25, 0.3) is 0 Å². The summed E-state index contributed by atoms with van der Waals surface area (Å²) in [4.78, 5) is 14.0. The fourth-order valence-corrected chi connectivity index (χ4v) is 1.70. The number of likely N-dealkylation sites (N-methyl/N-ethyl adjacent to an activating group) is 1. The van der Waals surface area contributed by atoms with Gasteiger partial charge >= 0.3 is 0 Å². The quantitative estimate of drug-likeness (QED) is 0.586. The van der Waals surface area contributed by atoms with Crippen LogP contribution in [-0.2, 0) is 0 Å². The number of carbonyl (C=O) groups is 1. The smallest absolute Gasteiger partial charge is 0.231 e. The molecule has 1 heterocycles. The van der Waals surface area contributed by atoms with E-state index in [1.165, 1.54) is 0 Å². The molecule has 0 aliphatic carbocycles. The molecule has 0 saturated carbocycles. The van der Waals surface area contributed by atoms with E-state index < -0.39 is 0 Å². The molecule has 1 aromatic carbocycles. The zero-order valence-electron chi connectivity index (χ0n) is 10.0. The summed E-state index contributed by atoms with van der Waals surface area (Å²) in [6, 6.07) is 5.18. The number of carbonyl (C=O) groups excluding carboxylic acids is 1. The molecule has 0 unspecified atom stereocenters. The third kappa shape index (κ3) is 2.47. The zero-order chi connectivity index (χ0) is 12.4. The van der Waals surface area contributed by atoms with Gasteiger partial charge in [-0.25, -0.2) is 0 Å². The minimum atomic E-state index is -0.0583. The van der Waals surface area contributed by atoms with Crippen molar-refractivity contribution >= 4 is 5.78 Å². The first kappa shape index (κ1) is 11.7. The van der Waals surface area contributed by atoms with Crippen LogP contribution in [0.2, 0.25) is 0 Å². The number of ketones is 1. The van der Waals surface area contributed by atoms with Gasteiger partial charge in [-0.05, 0) is 32.3 Å². The van der Waals surface area contributed by atoms with Gasteiger partial charge in [0, 0.05) is 17.7 Å². The lowest BCUT2D eigenvalue weighted by molar-refractivity contribution is 0.102. The number of hydrogen-bond donors (Lipinski definition) is 0. The second kappa shape index (κ2) is 4.59. The molecular formula is C13H15NO3. The first-order valence-electron chi connectivity index (χ1n) is 5.35. The Kier molecular flexibility index (Phi) is 3.15. The molecule has 0 aromatic heterocycles. The van der Waals surface area contributed by atoms with Gasteiger partial charge in [0.15, 0.2) is 17.3 Å². The third-order valence-electron chi connectivity index (χ3n) is 2.46. The van der Waals surface area contributed by atoms with Gasteiger partial charge in [-0.2, -0.15) is 0 Å². The van der Waals surface area contributed by atoms with Crippen LogP contribution in [0.3, 0.4) is 0 Å². The van der Waals surface area contributed by atoms with E-state index in [0.717, 1.165) is 0 Å². The molecule has 1 aliphatic heterocycles. The van der Waals surface area contributed by atoms with Crippen LogP contribution in [0.15, 0.2) is 30.4 Å². The first-order valence-corrected chi connectivity index (χ1v) is 5.35. The Balaban J connectivity index is 2.17. The topological polar surface area (TPSA) is 38.8 Å². The van der Waals surface area contributed by atoms with Crippen LogP contribution in [0, 0.1) is 0 Å². The van der Waals surface area contributed by atoms with E-state index in [4.69, 9.17) is 9.47 Å². The van der Waals surface area contributed by atoms with Crippen molar-refractivity contribution in [2.45, 2.75) is 0 Å². The Morgan fingerprint density at radius 3 is 2.76 bits per heavy atom. The van der Waals surface area contributed by atoms with Gasteiger partial charge in [-0.3, -0.25) is 4.79 Å². The van der Waals surface area contributed by atoms with E-state index in [0.29, 0.717) is 29.2 Å². The summed E-state index contributed by atoms with van der Waals surface area (Å²) in [5, 5.41) is 0. The van der Waals surface area contributed by atoms with E-state index in [2.05, 4.69) is 6.58 Å². The molecule has 17 heavy (non-hydrogen) atoms. The summed E-state index contributed by atoms with van der Waals surface area (Å²) >= 11 is 0. The highest BCUT2D eigenvalue weighted by Gasteiger charge is 2.17. The molecule has 0 saturated heterocycles. The molecule has 1 aliphatic rings. The van der Waals surface area contributed by atoms with Gasteiger partial charge < -0.3 is 14.4 Å². The van der Waals surface area contributed by atoms with Gasteiger partial charge in [0.1, 0.15) is 0 Å². The monoisotopic (exact) mass is 233 g/mol. The number of Topliss-reactive ketones (excluding diaryl/α,β-unsaturated/α-hetero) is 1. The Morgan fingerprint density at radius 2 is 2.06 bits per heavy atom. The van der Waals surface area contributed by atoms with E-state index in [-0.39, 0.29) is 12.6 Å². The SMILES string of the molecule is C=C(CN(C)C)C(=O)c1ccc2c(c1)OCO2. The molecule has 0 atom stereocenters. The number of fused-ring (bicyclic) bond motifs is 1. The van der Waals surface area contributed by atoms with Crippen molar-refractivity contribution in [2.24, 2.45) is 0 Å². The number of hydrogen-bond acceptors (Lipinski definition) is 4. The van der Waals surface area contributed by atoms with Crippen LogP contribution < -0.4 is 9.47 Å². The van der Waals surface area contributed by atoms with Gasteiger partial charge in [0.2, 0.25) is 6.79 Å². The van der Waals surface area contributed by atoms with Gasteiger partial charge in [0.05, 0.1) is 0 Å². The molecule has 90 valence electrons. The maximum atomic E-state index is 12.1. The predicted molar refractivity (Wildman–Crippen MR) is 64.6 cm³/mol. The number of rotatable bonds is 4. The van der Waals surface area contributed by atoms with Crippen molar-refractivity contribution in [1.82, 2.24) is 4.90 Å². The number of ether oxygens (including phenoxy) is 2. The molecular weight excluding hydrogens is 218 g/mol. The zero-order valence-corrected chi connectivity index (χ0v) is 10.0. The minimum Gasteiger partial charge on any atom is -0.454 e. The Bertz CT molecular complexity index is 466. The van der Waals surface area contributed by atoms with E-state index >= 15 is 0 Å². The van der Waals surface area contributed by atoms with Crippen molar-refractivity contribution in [1.29, 1.82) is 0 Å². The van der Waals surface area contributed by atoms with Crippen LogP contribution >= 0.6 is 0 Å². The lowest BCUT2D eigenvalue weighted by atomic mass is 10.0. The maximum absolute atomic E-state index is 12.1. The van der Waals surface area contributed by atoms with Crippen molar-refractivity contribution in [3.63, 3.8) is 0 Å². The first-order chi connectivity index (χ1) is 8.08. The Labute approximate surface area is 100 Å². The number of nitrogens with zero attached hydrogens (tertiary/aromatic N) is 1. The largest absolute Gasteiger partial charge is 0.454 e. The second-order valence-corrected chi connectivity index (χ2v) is 4.24. The summed E-state index contributed by atoms with van der Waals surface area (Å²) in [6.45, 7) is 4.56. The average molecular weight is 233 g/mol. The lowest BCUT2D eigenvalue weighted by Crippen LogP contribution is -2.19. The molecule has 4 nitrogen and oxygen atoms in total. The summed E-state index contributed by atoms with van der Waals surface area (Å²) in [5.41, 5.74) is 1.15. The molecule has 0 fully saturated rings. The van der Waals surface area contributed by atoms with Crippen LogP contribution in [0.5, 0.6) is 11.5 Å². The lowest BCUT2D eigenvalue weighted by Gasteiger charge is -2.11. The predicted octanol–water partition coefficient (Wildman–Crippen LogP) is 1.72. The molecule has 0 spiro atoms. The summed E-state index contributed by atoms with van der Waals surface area (Å²) in [7, 11) is 3.80. The third-order valence-corrected chi connectivity index (χ3v) is 2.46. The van der Waals surface area contributed by atoms with Gasteiger partial charge in [-0.1, -0.05) is 6.58 Å². The highest BCUT2D eigenvalue weighted by molar-refractivity contribution is 6.08. The van der Waals surface area contributed by atoms with Crippen molar-refractivity contribution in [2.75, 3.05) is 27.4 Å². The van der Waals surface area contributed by atoms with E-state index in [9.17, 15) is 4.79 Å². The molecule has 0 amide bonds. The van der Waals surface area contributed by atoms with Crippen LogP contribution in [0.1, 0.15) is 10.4 Å². The van der Waals surface area contributed by atoms with Crippen LogP contribution in [0.4, 0.5) is 0 Å². The molecule has 2 rings (SSSR count). The molecule has 0 bridgehead atoms. The number of benzene rings is 1. The van der Waals surface area contributed by atoms with Gasteiger partial charge in [0.25, 0.3) is 0 Å². The highest BCUT2D eigenvalue weighted by atomic mass is 16.7. The van der Waals surface area contributed by atoms with Crippen molar-refractivity contribution in [3.05, 3.63) is 35.9 Å². The van der Waals surface area contributed by atoms with E-state index in [1.807, 2.05) is 19.0 Å². The molecule has 1 aromatic rings. The highest BCUT2D eigenvalue weighted by Crippen LogP contribution is 2.32. The Morgan fingerprint density at radius 1 is 1.35 bits per heavy atom. The molecule has 0 radical (unpaired) electrons. The summed E-state index contributed by atoms with van der Waals surface area (Å²) < 4.78 is 10.4. The average Bonchev–Trinajstić information content (AvgIpc) is 2.73. The van der Waals surface area contributed by atoms with Gasteiger partial charge in [-0.15, -0.1) is 0 Å². The summed E-state index contributed by atoms with van der Waals surface area (Å²) in [5.74, 6) is 1.24. The van der Waals surface area contributed by atoms with E-state index in [1.54, 1.807) is 18.2 Å². The normalized spacial score (nSPS) is 12.9. The van der Waals surface area contributed by atoms with Crippen molar-refractivity contribution < 1.29 is 14.3 Å². The fourth-order valence-electron chi connectivity index (χ4n) is 1.70. The molecule has 4 heteroatoms. The minimum absolute atomic E-state index is 0.0583. The summed E-state index contributed by atoms with van der Waals surface area (Å²) in [6.07, 6.45) is 0. The second-order valence-electron chi connectivity index (χ2n) is 4.24. The molecule has 0 N–H and O–H groups in total. The standard InChI is InChI=1S/C13H15NO3/c1-9(7-14(2)3)13(15)10-4-5-11-12(6-10)17-8-16-11/h4-6H,1,7-8H2,2-3H3. The van der Waals surface area contributed by atoms with Crippen molar-refractivity contribution in [3.8, 4) is 11.5 Å². The Hall–Kier alpha value is -1.81. The maximum Gasteiger partial charge on any atom is 0.231 e. The fraction of sp³-hybridized carbons (Fsp3) is 0.308.